The van der Waals surface area contributed by atoms with Crippen LogP contribution >= 0.6 is 35.3 Å². The van der Waals surface area contributed by atoms with E-state index < -0.39 is 11.9 Å². The highest BCUT2D eigenvalue weighted by molar-refractivity contribution is 14.0. The third-order valence-corrected chi connectivity index (χ3v) is 4.25. The number of hydrogen-bond acceptors (Lipinski definition) is 6. The third kappa shape index (κ3) is 7.89. The molecule has 28 heavy (non-hydrogen) atoms. The first-order chi connectivity index (χ1) is 12.8. The van der Waals surface area contributed by atoms with Crippen LogP contribution in [0.5, 0.6) is 0 Å². The molecule has 7 nitrogen and oxygen atoms in total. The molecule has 12 heteroatoms. The van der Waals surface area contributed by atoms with Crippen molar-refractivity contribution >= 4 is 41.3 Å². The summed E-state index contributed by atoms with van der Waals surface area (Å²) in [7, 11) is 0. The van der Waals surface area contributed by atoms with Crippen LogP contribution in [0, 0.1) is 0 Å². The van der Waals surface area contributed by atoms with E-state index in [2.05, 4.69) is 30.8 Å². The summed E-state index contributed by atoms with van der Waals surface area (Å²) in [6.45, 7) is 7.23. The fourth-order valence-corrected chi connectivity index (χ4v) is 2.78. The molecular formula is C16H24F3IN6OS. The van der Waals surface area contributed by atoms with Gasteiger partial charge in [-0.05, 0) is 13.3 Å². The minimum atomic E-state index is -4.43. The lowest BCUT2D eigenvalue weighted by molar-refractivity contribution is -0.140. The van der Waals surface area contributed by atoms with Crippen LogP contribution in [0.15, 0.2) is 14.9 Å². The standard InChI is InChI=1S/C16H23F3N6OS.HI/c1-4-20-15(22-8-13-23-11(9-27-13)16(17,18)19)21-7-5-6-12-24-14(10(2)3)25-26-12;/h9-10H,4-8H2,1-3H3,(H2,20,21,22);1H. The van der Waals surface area contributed by atoms with Gasteiger partial charge in [-0.1, -0.05) is 19.0 Å². The maximum Gasteiger partial charge on any atom is 0.434 e. The van der Waals surface area contributed by atoms with Gasteiger partial charge < -0.3 is 15.2 Å². The molecule has 0 spiro atoms. The predicted molar refractivity (Wildman–Crippen MR) is 112 cm³/mol. The lowest BCUT2D eigenvalue weighted by atomic mass is 10.2. The van der Waals surface area contributed by atoms with Crippen LogP contribution in [0.25, 0.3) is 0 Å². The second-order valence-electron chi connectivity index (χ2n) is 6.05. The minimum absolute atomic E-state index is 0. The predicted octanol–water partition coefficient (Wildman–Crippen LogP) is 3.97. The summed E-state index contributed by atoms with van der Waals surface area (Å²) in [6.07, 6.45) is -3.04. The normalized spacial score (nSPS) is 12.2. The lowest BCUT2D eigenvalue weighted by Gasteiger charge is -2.10. The molecule has 2 heterocycles. The SMILES string of the molecule is CCNC(=NCc1nc(C(F)(F)F)cs1)NCCCc1nc(C(C)C)no1.I. The van der Waals surface area contributed by atoms with Crippen LogP contribution in [-0.2, 0) is 19.1 Å². The van der Waals surface area contributed by atoms with Crippen molar-refractivity contribution in [3.63, 3.8) is 0 Å². The number of aliphatic imine (C=N–C) groups is 1. The summed E-state index contributed by atoms with van der Waals surface area (Å²) in [5.41, 5.74) is -0.879. The smallest absolute Gasteiger partial charge is 0.357 e. The van der Waals surface area contributed by atoms with Crippen molar-refractivity contribution in [2.75, 3.05) is 13.1 Å². The Bertz CT molecular complexity index is 747. The van der Waals surface area contributed by atoms with E-state index in [1.54, 1.807) is 0 Å². The molecule has 0 aliphatic heterocycles. The van der Waals surface area contributed by atoms with Gasteiger partial charge in [0.2, 0.25) is 5.89 Å². The van der Waals surface area contributed by atoms with Gasteiger partial charge in [0, 0.05) is 30.8 Å². The van der Waals surface area contributed by atoms with Crippen molar-refractivity contribution in [3.05, 3.63) is 27.8 Å². The van der Waals surface area contributed by atoms with Gasteiger partial charge in [0.05, 0.1) is 6.54 Å². The number of nitrogens with one attached hydrogen (secondary N) is 2. The Morgan fingerprint density at radius 1 is 1.29 bits per heavy atom. The topological polar surface area (TPSA) is 88.2 Å². The van der Waals surface area contributed by atoms with Gasteiger partial charge >= 0.3 is 6.18 Å². The quantitative estimate of drug-likeness (QED) is 0.232. The molecule has 0 bridgehead atoms. The van der Waals surface area contributed by atoms with Gasteiger partial charge in [0.25, 0.3) is 0 Å². The lowest BCUT2D eigenvalue weighted by Crippen LogP contribution is -2.37. The van der Waals surface area contributed by atoms with E-state index in [1.807, 2.05) is 20.8 Å². The van der Waals surface area contributed by atoms with Crippen LogP contribution in [-0.4, -0.2) is 34.2 Å². The molecule has 158 valence electrons. The highest BCUT2D eigenvalue weighted by Crippen LogP contribution is 2.30. The number of guanidine groups is 1. The van der Waals surface area contributed by atoms with Crippen LogP contribution in [0.1, 0.15) is 55.5 Å². The summed E-state index contributed by atoms with van der Waals surface area (Å²) in [5, 5.41) is 11.4. The number of aromatic nitrogens is 3. The van der Waals surface area contributed by atoms with E-state index in [0.717, 1.165) is 23.1 Å². The van der Waals surface area contributed by atoms with E-state index in [0.29, 0.717) is 42.2 Å². The minimum Gasteiger partial charge on any atom is -0.357 e. The van der Waals surface area contributed by atoms with Crippen molar-refractivity contribution in [3.8, 4) is 0 Å². The van der Waals surface area contributed by atoms with Crippen LogP contribution in [0.3, 0.4) is 0 Å². The van der Waals surface area contributed by atoms with E-state index in [-0.39, 0.29) is 36.4 Å². The van der Waals surface area contributed by atoms with E-state index in [1.165, 1.54) is 0 Å². The molecule has 0 saturated heterocycles. The Morgan fingerprint density at radius 2 is 2.04 bits per heavy atom. The van der Waals surface area contributed by atoms with Crippen molar-refractivity contribution < 1.29 is 17.7 Å². The second kappa shape index (κ2) is 11.5. The fourth-order valence-electron chi connectivity index (χ4n) is 2.05. The van der Waals surface area contributed by atoms with Gasteiger partial charge in [0.15, 0.2) is 17.5 Å². The summed E-state index contributed by atoms with van der Waals surface area (Å²) in [6, 6.07) is 0. The number of thiazole rings is 1. The molecule has 0 fully saturated rings. The molecule has 0 saturated carbocycles. The van der Waals surface area contributed by atoms with E-state index in [9.17, 15) is 13.2 Å². The molecule has 2 aromatic heterocycles. The second-order valence-corrected chi connectivity index (χ2v) is 6.99. The van der Waals surface area contributed by atoms with Crippen LogP contribution < -0.4 is 10.6 Å². The Hall–Kier alpha value is -1.44. The largest absolute Gasteiger partial charge is 0.434 e. The first-order valence-corrected chi connectivity index (χ1v) is 9.53. The zero-order chi connectivity index (χ0) is 19.9. The molecule has 0 aliphatic carbocycles. The van der Waals surface area contributed by atoms with Crippen LogP contribution in [0.4, 0.5) is 13.2 Å². The Balaban J connectivity index is 0.00000392. The number of rotatable bonds is 8. The number of alkyl halides is 3. The van der Waals surface area contributed by atoms with E-state index in [4.69, 9.17) is 4.52 Å². The number of nitrogens with zero attached hydrogens (tertiary/aromatic N) is 4. The molecule has 2 N–H and O–H groups in total. The van der Waals surface area contributed by atoms with Crippen molar-refractivity contribution in [2.24, 2.45) is 4.99 Å². The number of hydrogen-bond donors (Lipinski definition) is 2. The van der Waals surface area contributed by atoms with Gasteiger partial charge in [-0.25, -0.2) is 9.98 Å². The average molecular weight is 532 g/mol. The molecule has 0 atom stereocenters. The summed E-state index contributed by atoms with van der Waals surface area (Å²) in [4.78, 5) is 12.2. The van der Waals surface area contributed by atoms with Crippen LogP contribution in [0.2, 0.25) is 0 Å². The summed E-state index contributed by atoms with van der Waals surface area (Å²) in [5.74, 6) is 2.02. The molecule has 0 unspecified atom stereocenters. The zero-order valence-electron chi connectivity index (χ0n) is 15.8. The molecule has 2 rings (SSSR count). The average Bonchev–Trinajstić information content (AvgIpc) is 3.25. The molecule has 0 aromatic carbocycles. The van der Waals surface area contributed by atoms with E-state index >= 15 is 0 Å². The zero-order valence-corrected chi connectivity index (χ0v) is 19.0. The maximum atomic E-state index is 12.6. The number of halogens is 4. The summed E-state index contributed by atoms with van der Waals surface area (Å²) >= 11 is 0.945. The van der Waals surface area contributed by atoms with Gasteiger partial charge in [-0.2, -0.15) is 18.2 Å². The molecule has 2 aromatic rings. The molecular weight excluding hydrogens is 508 g/mol. The molecule has 0 aliphatic rings. The van der Waals surface area contributed by atoms with Crippen molar-refractivity contribution in [1.29, 1.82) is 0 Å². The number of aryl methyl sites for hydroxylation is 1. The fraction of sp³-hybridized carbons (Fsp3) is 0.625. The Kier molecular flexibility index (Phi) is 10.1. The highest BCUT2D eigenvalue weighted by atomic mass is 127. The van der Waals surface area contributed by atoms with Crippen molar-refractivity contribution in [2.45, 2.75) is 52.3 Å². The van der Waals surface area contributed by atoms with Gasteiger partial charge in [-0.3, -0.25) is 0 Å². The van der Waals surface area contributed by atoms with Gasteiger partial charge in [0.1, 0.15) is 5.01 Å². The third-order valence-electron chi connectivity index (χ3n) is 3.42. The first-order valence-electron chi connectivity index (χ1n) is 8.65. The Labute approximate surface area is 182 Å². The molecule has 0 radical (unpaired) electrons. The molecule has 0 amide bonds. The summed E-state index contributed by atoms with van der Waals surface area (Å²) < 4.78 is 42.9. The maximum absolute atomic E-state index is 12.6. The van der Waals surface area contributed by atoms with Crippen molar-refractivity contribution in [1.82, 2.24) is 25.8 Å². The van der Waals surface area contributed by atoms with Gasteiger partial charge in [-0.15, -0.1) is 35.3 Å². The monoisotopic (exact) mass is 532 g/mol. The Morgan fingerprint density at radius 3 is 2.61 bits per heavy atom. The highest BCUT2D eigenvalue weighted by Gasteiger charge is 2.33. The first kappa shape index (κ1) is 24.6.